The Balaban J connectivity index is 1.60. The van der Waals surface area contributed by atoms with Gasteiger partial charge in [0.1, 0.15) is 23.0 Å². The van der Waals surface area contributed by atoms with Gasteiger partial charge in [0.15, 0.2) is 0 Å². The molecule has 2 heteroatoms. The molecule has 2 fully saturated rings. The topological polar surface area (TPSA) is 0 Å². The Morgan fingerprint density at radius 1 is 0.773 bits per heavy atom. The Labute approximate surface area is 145 Å². The third kappa shape index (κ3) is 6.15. The largest absolute Gasteiger partial charge is 0.108 e. The van der Waals surface area contributed by atoms with Crippen LogP contribution in [0.15, 0.2) is 12.2 Å². The van der Waals surface area contributed by atoms with Crippen molar-refractivity contribution in [2.24, 2.45) is 10.8 Å². The summed E-state index contributed by atoms with van der Waals surface area (Å²) >= 11 is 0. The first-order valence-electron chi connectivity index (χ1n) is 9.24. The third-order valence-electron chi connectivity index (χ3n) is 6.14. The second-order valence-corrected chi connectivity index (χ2v) is 13.3. The van der Waals surface area contributed by atoms with Crippen LogP contribution in [0.4, 0.5) is 0 Å². The highest BCUT2D eigenvalue weighted by Gasteiger charge is 2.34. The van der Waals surface area contributed by atoms with Gasteiger partial charge >= 0.3 is 0 Å². The number of hydrogen-bond donors (Lipinski definition) is 0. The van der Waals surface area contributed by atoms with Gasteiger partial charge in [-0.3, -0.25) is 0 Å². The van der Waals surface area contributed by atoms with Gasteiger partial charge < -0.3 is 0 Å². The summed E-state index contributed by atoms with van der Waals surface area (Å²) in [5.41, 5.74) is 1.28. The maximum atomic E-state index is 2.54. The molecule has 0 aromatic carbocycles. The van der Waals surface area contributed by atoms with E-state index in [1.165, 1.54) is 74.4 Å². The van der Waals surface area contributed by atoms with Gasteiger partial charge in [-0.2, -0.15) is 0 Å². The van der Waals surface area contributed by atoms with Crippen molar-refractivity contribution in [2.75, 3.05) is 35.5 Å². The van der Waals surface area contributed by atoms with Crippen LogP contribution >= 0.6 is 0 Å². The van der Waals surface area contributed by atoms with Gasteiger partial charge in [0.25, 0.3) is 0 Å². The summed E-state index contributed by atoms with van der Waals surface area (Å²) in [6.45, 7) is 5.05. The summed E-state index contributed by atoms with van der Waals surface area (Å²) < 4.78 is 0. The number of allylic oxidation sites excluding steroid dienone is 2. The van der Waals surface area contributed by atoms with E-state index in [1.807, 2.05) is 0 Å². The molecule has 2 saturated heterocycles. The average Bonchev–Trinajstić information content (AvgIpc) is 2.50. The molecule has 2 heterocycles. The van der Waals surface area contributed by atoms with E-state index in [2.05, 4.69) is 38.5 Å². The summed E-state index contributed by atoms with van der Waals surface area (Å²) in [5, 5.41) is 0. The van der Waals surface area contributed by atoms with E-state index < -0.39 is 0 Å². The zero-order valence-corrected chi connectivity index (χ0v) is 17.1. The number of rotatable bonds is 6. The Morgan fingerprint density at radius 2 is 1.27 bits per heavy atom. The van der Waals surface area contributed by atoms with Gasteiger partial charge in [-0.25, -0.2) is 0 Å². The van der Waals surface area contributed by atoms with Crippen LogP contribution in [0.2, 0.25) is 0 Å². The molecule has 0 aromatic rings. The van der Waals surface area contributed by atoms with Gasteiger partial charge in [-0.1, -0.05) is 26.0 Å². The summed E-state index contributed by atoms with van der Waals surface area (Å²) in [7, 11) is 1.45. The number of hydrogen-bond acceptors (Lipinski definition) is 0. The molecule has 0 saturated carbocycles. The molecular weight excluding hydrogens is 304 g/mol. The van der Waals surface area contributed by atoms with E-state index in [-0.39, 0.29) is 0 Å². The molecule has 0 aromatic heterocycles. The Hall–Kier alpha value is 0.440. The first-order chi connectivity index (χ1) is 10.4. The van der Waals surface area contributed by atoms with Gasteiger partial charge in [-0.15, -0.1) is 0 Å². The zero-order chi connectivity index (χ0) is 16.1. The van der Waals surface area contributed by atoms with E-state index in [9.17, 15) is 0 Å². The summed E-state index contributed by atoms with van der Waals surface area (Å²) in [5.74, 6) is 5.93. The fourth-order valence-corrected chi connectivity index (χ4v) is 7.50. The van der Waals surface area contributed by atoms with E-state index in [1.54, 1.807) is 0 Å². The van der Waals surface area contributed by atoms with Crippen LogP contribution in [0, 0.1) is 10.8 Å². The van der Waals surface area contributed by atoms with Gasteiger partial charge in [0.2, 0.25) is 0 Å². The molecule has 2 rings (SSSR count). The molecule has 0 amide bonds. The highest BCUT2D eigenvalue weighted by atomic mass is 32.2. The highest BCUT2D eigenvalue weighted by Crippen LogP contribution is 2.37. The van der Waals surface area contributed by atoms with Crippen LogP contribution in [0.5, 0.6) is 0 Å². The lowest BCUT2D eigenvalue weighted by molar-refractivity contribution is 0.264. The minimum absolute atomic E-state index is 0.614. The normalized spacial score (nSPS) is 40.2. The van der Waals surface area contributed by atoms with Gasteiger partial charge in [0.05, 0.1) is 12.5 Å². The summed E-state index contributed by atoms with van der Waals surface area (Å²) in [4.78, 5) is 0. The van der Waals surface area contributed by atoms with E-state index in [4.69, 9.17) is 0 Å². The monoisotopic (exact) mass is 342 g/mol. The van der Waals surface area contributed by atoms with Gasteiger partial charge in [-0.05, 0) is 84.0 Å². The molecule has 22 heavy (non-hydrogen) atoms. The van der Waals surface area contributed by atoms with Gasteiger partial charge in [0, 0.05) is 0 Å². The average molecular weight is 343 g/mol. The van der Waals surface area contributed by atoms with E-state index in [0.29, 0.717) is 10.8 Å². The summed E-state index contributed by atoms with van der Waals surface area (Å²) in [6, 6.07) is 0. The SMILES string of the molecule is C[S+]1CCC(C)(C/C=C\CCCC2(C)CC[S+](C)CC2)CC1. The molecule has 0 N–H and O–H groups in total. The Morgan fingerprint density at radius 3 is 1.82 bits per heavy atom. The predicted octanol–water partition coefficient (Wildman–Crippen LogP) is 5.20. The van der Waals surface area contributed by atoms with E-state index >= 15 is 0 Å². The smallest absolute Gasteiger partial charge is 0.0885 e. The van der Waals surface area contributed by atoms with Crippen molar-refractivity contribution in [3.05, 3.63) is 12.2 Å². The fourth-order valence-electron chi connectivity index (χ4n) is 3.72. The lowest BCUT2D eigenvalue weighted by atomic mass is 9.79. The first-order valence-corrected chi connectivity index (χ1v) is 13.2. The van der Waals surface area contributed by atoms with Crippen LogP contribution in [0.1, 0.15) is 65.2 Å². The minimum Gasteiger partial charge on any atom is -0.0885 e. The zero-order valence-electron chi connectivity index (χ0n) is 15.5. The Kier molecular flexibility index (Phi) is 7.26. The molecular formula is C20H38S2+2. The van der Waals surface area contributed by atoms with Crippen molar-refractivity contribution in [1.82, 2.24) is 0 Å². The molecule has 0 aliphatic carbocycles. The van der Waals surface area contributed by atoms with Crippen molar-refractivity contribution in [3.63, 3.8) is 0 Å². The maximum absolute atomic E-state index is 2.54. The van der Waals surface area contributed by atoms with Crippen molar-refractivity contribution in [2.45, 2.75) is 65.2 Å². The molecule has 0 spiro atoms. The Bertz CT molecular complexity index is 345. The van der Waals surface area contributed by atoms with Crippen molar-refractivity contribution in [1.29, 1.82) is 0 Å². The first kappa shape index (κ1) is 18.8. The van der Waals surface area contributed by atoms with Crippen LogP contribution in [-0.4, -0.2) is 35.5 Å². The molecule has 128 valence electrons. The van der Waals surface area contributed by atoms with Crippen molar-refractivity contribution < 1.29 is 0 Å². The second kappa shape index (κ2) is 8.51. The highest BCUT2D eigenvalue weighted by molar-refractivity contribution is 7.96. The molecule has 0 bridgehead atoms. The predicted molar refractivity (Wildman–Crippen MR) is 108 cm³/mol. The molecule has 2 aliphatic heterocycles. The maximum Gasteiger partial charge on any atom is 0.108 e. The van der Waals surface area contributed by atoms with Crippen molar-refractivity contribution >= 4 is 21.8 Å². The summed E-state index contributed by atoms with van der Waals surface area (Å²) in [6.07, 6.45) is 21.2. The minimum atomic E-state index is 0.614. The molecule has 0 radical (unpaired) electrons. The lowest BCUT2D eigenvalue weighted by Gasteiger charge is -2.32. The standard InChI is InChI=1S/C20H38S2/c1-19(11-15-21(3)16-12-19)9-7-5-6-8-10-20(2)13-17-22(4)18-14-20/h5,7H,6,8-18H2,1-4H3/q+2/b7-5-. The third-order valence-corrected chi connectivity index (χ3v) is 9.75. The molecule has 0 atom stereocenters. The molecule has 0 nitrogen and oxygen atoms in total. The number of unbranched alkanes of at least 4 members (excludes halogenated alkanes) is 1. The molecule has 2 aliphatic rings. The van der Waals surface area contributed by atoms with E-state index in [0.717, 1.165) is 21.8 Å². The van der Waals surface area contributed by atoms with Crippen molar-refractivity contribution in [3.8, 4) is 0 Å². The fraction of sp³-hybridized carbons (Fsp3) is 0.900. The quantitative estimate of drug-likeness (QED) is 0.353. The second-order valence-electron chi connectivity index (χ2n) is 8.57. The van der Waals surface area contributed by atoms with Crippen LogP contribution in [0.3, 0.4) is 0 Å². The lowest BCUT2D eigenvalue weighted by Crippen LogP contribution is -2.30. The van der Waals surface area contributed by atoms with Crippen LogP contribution < -0.4 is 0 Å². The van der Waals surface area contributed by atoms with Crippen LogP contribution in [0.25, 0.3) is 0 Å². The van der Waals surface area contributed by atoms with Crippen LogP contribution in [-0.2, 0) is 21.8 Å². The molecule has 0 unspecified atom stereocenters.